The Morgan fingerprint density at radius 1 is 1.36 bits per heavy atom. The molecular formula is C9H13BrF3N. The number of rotatable bonds is 2. The van der Waals surface area contributed by atoms with Crippen LogP contribution in [-0.2, 0) is 0 Å². The molecule has 0 spiro atoms. The highest BCUT2D eigenvalue weighted by Crippen LogP contribution is 2.39. The summed E-state index contributed by atoms with van der Waals surface area (Å²) in [5.74, 6) is 0.660. The second kappa shape index (κ2) is 3.67. The maximum Gasteiger partial charge on any atom is 0.402 e. The molecule has 0 aromatic carbocycles. The molecule has 1 saturated heterocycles. The topological polar surface area (TPSA) is 3.24 Å². The van der Waals surface area contributed by atoms with Crippen molar-refractivity contribution in [2.45, 2.75) is 36.3 Å². The summed E-state index contributed by atoms with van der Waals surface area (Å²) < 4.78 is 36.8. The van der Waals surface area contributed by atoms with E-state index >= 15 is 0 Å². The van der Waals surface area contributed by atoms with Gasteiger partial charge in [-0.2, -0.15) is 13.2 Å². The van der Waals surface area contributed by atoms with Crippen LogP contribution in [-0.4, -0.2) is 35.0 Å². The van der Waals surface area contributed by atoms with Crippen molar-refractivity contribution in [1.29, 1.82) is 0 Å². The lowest BCUT2D eigenvalue weighted by Crippen LogP contribution is -2.41. The van der Waals surface area contributed by atoms with Gasteiger partial charge in [0.05, 0.1) is 0 Å². The van der Waals surface area contributed by atoms with Crippen molar-refractivity contribution < 1.29 is 13.2 Å². The normalized spacial score (nSPS) is 35.1. The third-order valence-corrected chi connectivity index (χ3v) is 4.08. The Hall–Kier alpha value is 0.230. The molecule has 3 unspecified atom stereocenters. The fourth-order valence-electron chi connectivity index (χ4n) is 2.56. The molecular weight excluding hydrogens is 259 g/mol. The van der Waals surface area contributed by atoms with Gasteiger partial charge in [0.2, 0.25) is 0 Å². The zero-order chi connectivity index (χ0) is 10.3. The fourth-order valence-corrected chi connectivity index (χ4v) is 2.93. The first-order chi connectivity index (χ1) is 6.47. The van der Waals surface area contributed by atoms with Crippen molar-refractivity contribution in [3.8, 4) is 0 Å². The zero-order valence-corrected chi connectivity index (χ0v) is 9.31. The van der Waals surface area contributed by atoms with E-state index in [1.165, 1.54) is 6.42 Å². The minimum atomic E-state index is -4.11. The molecule has 1 aliphatic heterocycles. The van der Waals surface area contributed by atoms with E-state index in [2.05, 4.69) is 15.9 Å². The van der Waals surface area contributed by atoms with E-state index in [0.29, 0.717) is 12.0 Å². The third kappa shape index (κ3) is 2.08. The Balaban J connectivity index is 1.87. The summed E-state index contributed by atoms with van der Waals surface area (Å²) in [4.78, 5) is 0.621. The zero-order valence-electron chi connectivity index (χ0n) is 7.73. The first-order valence-corrected chi connectivity index (χ1v) is 5.83. The van der Waals surface area contributed by atoms with Gasteiger partial charge in [-0.15, -0.1) is 0 Å². The molecule has 1 aliphatic carbocycles. The van der Waals surface area contributed by atoms with Crippen molar-refractivity contribution in [3.63, 3.8) is 0 Å². The van der Waals surface area contributed by atoms with Gasteiger partial charge in [-0.05, 0) is 25.2 Å². The molecule has 1 nitrogen and oxygen atoms in total. The van der Waals surface area contributed by atoms with Gasteiger partial charge in [-0.25, -0.2) is 0 Å². The Kier molecular flexibility index (Phi) is 2.81. The van der Waals surface area contributed by atoms with Crippen LogP contribution in [0.4, 0.5) is 13.2 Å². The van der Waals surface area contributed by atoms with Crippen molar-refractivity contribution in [2.75, 3.05) is 13.1 Å². The highest BCUT2D eigenvalue weighted by molar-refractivity contribution is 9.09. The van der Waals surface area contributed by atoms with Crippen LogP contribution in [0.5, 0.6) is 0 Å². The largest absolute Gasteiger partial charge is 0.402 e. The minimum Gasteiger partial charge on any atom is -0.299 e. The molecule has 2 rings (SSSR count). The predicted octanol–water partition coefficient (Wildman–Crippen LogP) is 2.80. The number of likely N-dealkylation sites (tertiary alicyclic amines) is 1. The van der Waals surface area contributed by atoms with Gasteiger partial charge in [-0.3, -0.25) is 4.90 Å². The average molecular weight is 272 g/mol. The Morgan fingerprint density at radius 3 is 2.50 bits per heavy atom. The maximum atomic E-state index is 12.3. The van der Waals surface area contributed by atoms with Crippen LogP contribution in [0.15, 0.2) is 0 Å². The number of fused-ring (bicyclic) bond motifs is 2. The summed E-state index contributed by atoms with van der Waals surface area (Å²) in [6, 6.07) is 0.419. The summed E-state index contributed by atoms with van der Waals surface area (Å²) in [7, 11) is 0. The molecule has 14 heavy (non-hydrogen) atoms. The molecule has 1 saturated carbocycles. The lowest BCUT2D eigenvalue weighted by molar-refractivity contribution is -0.131. The molecule has 0 aromatic rings. The van der Waals surface area contributed by atoms with Crippen molar-refractivity contribution in [2.24, 2.45) is 5.92 Å². The number of hydrogen-bond acceptors (Lipinski definition) is 1. The predicted molar refractivity (Wildman–Crippen MR) is 51.5 cm³/mol. The molecule has 0 radical (unpaired) electrons. The molecule has 82 valence electrons. The highest BCUT2D eigenvalue weighted by atomic mass is 79.9. The maximum absolute atomic E-state index is 12.3. The first-order valence-electron chi connectivity index (χ1n) is 4.91. The molecule has 2 bridgehead atoms. The van der Waals surface area contributed by atoms with Crippen LogP contribution in [0.3, 0.4) is 0 Å². The Morgan fingerprint density at radius 2 is 2.07 bits per heavy atom. The Labute approximate surface area is 89.8 Å². The van der Waals surface area contributed by atoms with Crippen molar-refractivity contribution >= 4 is 15.9 Å². The van der Waals surface area contributed by atoms with Gasteiger partial charge in [0.15, 0.2) is 0 Å². The molecule has 0 N–H and O–H groups in total. The highest BCUT2D eigenvalue weighted by Gasteiger charge is 2.43. The third-order valence-electron chi connectivity index (χ3n) is 3.27. The molecule has 2 aliphatic rings. The lowest BCUT2D eigenvalue weighted by atomic mass is 10.1. The Bertz CT molecular complexity index is 219. The van der Waals surface area contributed by atoms with E-state index in [1.807, 2.05) is 4.90 Å². The summed E-state index contributed by atoms with van der Waals surface area (Å²) in [5.41, 5.74) is 0. The number of hydrogen-bond donors (Lipinski definition) is 0. The van der Waals surface area contributed by atoms with E-state index < -0.39 is 11.0 Å². The van der Waals surface area contributed by atoms with E-state index in [1.54, 1.807) is 0 Å². The van der Waals surface area contributed by atoms with E-state index in [9.17, 15) is 13.2 Å². The van der Waals surface area contributed by atoms with Gasteiger partial charge in [0.25, 0.3) is 0 Å². The van der Waals surface area contributed by atoms with Crippen molar-refractivity contribution in [3.05, 3.63) is 0 Å². The van der Waals surface area contributed by atoms with Crippen LogP contribution in [0.1, 0.15) is 19.3 Å². The summed E-state index contributed by atoms with van der Waals surface area (Å²) >= 11 is 2.71. The smallest absolute Gasteiger partial charge is 0.299 e. The number of piperidine rings is 1. The standard InChI is InChI=1S/C9H13BrF3N/c10-8(9(11,12)13)5-14-4-6-1-2-7(14)3-6/h6-8H,1-5H2. The molecule has 3 atom stereocenters. The molecule has 5 heteroatoms. The quantitative estimate of drug-likeness (QED) is 0.699. The summed E-state index contributed by atoms with van der Waals surface area (Å²) in [6.07, 6.45) is -0.707. The molecule has 0 amide bonds. The molecule has 2 fully saturated rings. The van der Waals surface area contributed by atoms with Crippen LogP contribution >= 0.6 is 15.9 Å². The van der Waals surface area contributed by atoms with Crippen LogP contribution in [0.2, 0.25) is 0 Å². The monoisotopic (exact) mass is 271 g/mol. The second-order valence-electron chi connectivity index (χ2n) is 4.30. The SMILES string of the molecule is FC(F)(F)C(Br)CN1CC2CCC1C2. The fraction of sp³-hybridized carbons (Fsp3) is 1.00. The van der Waals surface area contributed by atoms with E-state index in [-0.39, 0.29) is 6.54 Å². The van der Waals surface area contributed by atoms with Gasteiger partial charge in [0.1, 0.15) is 4.83 Å². The molecule has 1 heterocycles. The minimum absolute atomic E-state index is 0.116. The van der Waals surface area contributed by atoms with E-state index in [0.717, 1.165) is 19.4 Å². The molecule has 0 aromatic heterocycles. The number of halogens is 4. The second-order valence-corrected chi connectivity index (χ2v) is 5.40. The van der Waals surface area contributed by atoms with Gasteiger partial charge in [0, 0.05) is 19.1 Å². The average Bonchev–Trinajstić information content (AvgIpc) is 2.62. The van der Waals surface area contributed by atoms with E-state index in [4.69, 9.17) is 0 Å². The lowest BCUT2D eigenvalue weighted by Gasteiger charge is -2.29. The number of alkyl halides is 4. The van der Waals surface area contributed by atoms with Crippen LogP contribution < -0.4 is 0 Å². The van der Waals surface area contributed by atoms with Crippen molar-refractivity contribution in [1.82, 2.24) is 4.90 Å². The number of nitrogens with zero attached hydrogens (tertiary/aromatic N) is 1. The van der Waals surface area contributed by atoms with Crippen LogP contribution in [0, 0.1) is 5.92 Å². The summed E-state index contributed by atoms with van der Waals surface area (Å²) in [5, 5.41) is 0. The first kappa shape index (κ1) is 10.7. The summed E-state index contributed by atoms with van der Waals surface area (Å²) in [6.45, 7) is 0.980. The van der Waals surface area contributed by atoms with Gasteiger partial charge < -0.3 is 0 Å². The van der Waals surface area contributed by atoms with Crippen LogP contribution in [0.25, 0.3) is 0 Å². The van der Waals surface area contributed by atoms with Gasteiger partial charge in [-0.1, -0.05) is 15.9 Å². The van der Waals surface area contributed by atoms with Gasteiger partial charge >= 0.3 is 6.18 Å².